The van der Waals surface area contributed by atoms with Gasteiger partial charge in [-0.25, -0.2) is 0 Å². The Morgan fingerprint density at radius 2 is 1.64 bits per heavy atom. The molecule has 0 aliphatic heterocycles. The van der Waals surface area contributed by atoms with E-state index in [9.17, 15) is 5.11 Å². The number of aliphatic hydroxyl groups is 1. The number of hydrogen-bond donors (Lipinski definition) is 1. The molecule has 0 bridgehead atoms. The Morgan fingerprint density at radius 1 is 0.909 bits per heavy atom. The summed E-state index contributed by atoms with van der Waals surface area (Å²) in [6.07, 6.45) is 2.06. The van der Waals surface area contributed by atoms with Crippen molar-refractivity contribution in [1.82, 2.24) is 0 Å². The first-order chi connectivity index (χ1) is 15.6. The number of fused-ring (bicyclic) bond motifs is 7. The van der Waals surface area contributed by atoms with Crippen LogP contribution in [0.25, 0.3) is 33.1 Å². The van der Waals surface area contributed by atoms with Crippen molar-refractivity contribution in [2.75, 3.05) is 0 Å². The maximum atomic E-state index is 10.5. The zero-order chi connectivity index (χ0) is 23.6. The molecule has 170 valence electrons. The van der Waals surface area contributed by atoms with Gasteiger partial charge in [0.2, 0.25) is 0 Å². The van der Waals surface area contributed by atoms with Crippen molar-refractivity contribution < 1.29 is 14.2 Å². The van der Waals surface area contributed by atoms with Gasteiger partial charge in [0.05, 0.1) is 11.2 Å². The maximum absolute atomic E-state index is 10.5. The fraction of sp³-hybridized carbons (Fsp3) is 0.379. The molecule has 1 aromatic heterocycles. The average Bonchev–Trinajstić information content (AvgIpc) is 3.29. The molecule has 0 unspecified atom stereocenters. The van der Waals surface area contributed by atoms with E-state index in [0.717, 1.165) is 29.5 Å². The van der Waals surface area contributed by atoms with Crippen LogP contribution in [-0.2, 0) is 10.1 Å². The van der Waals surface area contributed by atoms with Gasteiger partial charge in [-0.15, -0.1) is 0 Å². The molecule has 0 atom stereocenters. The van der Waals surface area contributed by atoms with Gasteiger partial charge in [0, 0.05) is 16.2 Å². The average molecular weight is 440 g/mol. The first-order valence-electron chi connectivity index (χ1n) is 12.1. The van der Waals surface area contributed by atoms with Gasteiger partial charge in [0.1, 0.15) is 11.2 Å². The molecule has 0 fully saturated rings. The molecule has 1 aliphatic rings. The predicted molar refractivity (Wildman–Crippen MR) is 139 cm³/mol. The molecule has 4 aromatic rings. The topological polar surface area (TPSA) is 42.6 Å². The summed E-state index contributed by atoms with van der Waals surface area (Å²) in [5, 5.41) is 12.9. The SMILES string of the molecule is CCC1(CC)c2cc(BOC(C)(C)C(C)(C)O)ccc2-c2c1ccc1oc3ccccc3c21. The minimum atomic E-state index is -0.926. The van der Waals surface area contributed by atoms with Crippen molar-refractivity contribution in [3.05, 3.63) is 65.7 Å². The van der Waals surface area contributed by atoms with Gasteiger partial charge in [-0.2, -0.15) is 0 Å². The fourth-order valence-electron chi connectivity index (χ4n) is 5.39. The van der Waals surface area contributed by atoms with Crippen molar-refractivity contribution in [2.45, 2.75) is 71.0 Å². The highest BCUT2D eigenvalue weighted by Gasteiger charge is 2.42. The molecule has 0 saturated carbocycles. The fourth-order valence-corrected chi connectivity index (χ4v) is 5.39. The lowest BCUT2D eigenvalue weighted by molar-refractivity contribution is -0.0893. The van der Waals surface area contributed by atoms with Crippen LogP contribution in [0.5, 0.6) is 0 Å². The molecular weight excluding hydrogens is 407 g/mol. The summed E-state index contributed by atoms with van der Waals surface area (Å²) < 4.78 is 12.4. The molecule has 1 N–H and O–H groups in total. The highest BCUT2D eigenvalue weighted by Crippen LogP contribution is 2.55. The van der Waals surface area contributed by atoms with Crippen LogP contribution >= 0.6 is 0 Å². The third kappa shape index (κ3) is 3.19. The smallest absolute Gasteiger partial charge is 0.309 e. The first-order valence-corrected chi connectivity index (χ1v) is 12.1. The summed E-state index contributed by atoms with van der Waals surface area (Å²) in [4.78, 5) is 0. The van der Waals surface area contributed by atoms with E-state index in [1.807, 2.05) is 19.9 Å². The Bertz CT molecular complexity index is 1350. The van der Waals surface area contributed by atoms with Crippen LogP contribution in [0.4, 0.5) is 0 Å². The summed E-state index contributed by atoms with van der Waals surface area (Å²) in [5.74, 6) is 0. The normalized spacial score (nSPS) is 15.1. The Balaban J connectivity index is 1.68. The van der Waals surface area contributed by atoms with E-state index in [1.54, 1.807) is 13.8 Å². The van der Waals surface area contributed by atoms with E-state index in [1.165, 1.54) is 33.0 Å². The second-order valence-corrected chi connectivity index (χ2v) is 10.5. The summed E-state index contributed by atoms with van der Waals surface area (Å²) >= 11 is 0. The Labute approximate surface area is 197 Å². The molecule has 1 heterocycles. The quantitative estimate of drug-likeness (QED) is 0.362. The van der Waals surface area contributed by atoms with Crippen molar-refractivity contribution in [3.8, 4) is 11.1 Å². The molecular formula is C29H33BO3. The molecule has 5 rings (SSSR count). The summed E-state index contributed by atoms with van der Waals surface area (Å²) in [6.45, 7) is 12.1. The van der Waals surface area contributed by atoms with Crippen LogP contribution in [0.2, 0.25) is 0 Å². The van der Waals surface area contributed by atoms with Crippen LogP contribution in [0, 0.1) is 0 Å². The molecule has 0 amide bonds. The summed E-state index contributed by atoms with van der Waals surface area (Å²) in [5.41, 5.74) is 6.82. The Hall–Kier alpha value is -2.56. The molecule has 0 spiro atoms. The number of hydrogen-bond acceptors (Lipinski definition) is 3. The van der Waals surface area contributed by atoms with Crippen LogP contribution in [0.1, 0.15) is 65.5 Å². The van der Waals surface area contributed by atoms with Crippen molar-refractivity contribution in [2.24, 2.45) is 0 Å². The number of benzene rings is 3. The first kappa shape index (κ1) is 22.2. The molecule has 1 aliphatic carbocycles. The lowest BCUT2D eigenvalue weighted by atomic mass is 9.72. The van der Waals surface area contributed by atoms with Gasteiger partial charge in [-0.3, -0.25) is 0 Å². The van der Waals surface area contributed by atoms with Crippen LogP contribution < -0.4 is 5.46 Å². The third-order valence-electron chi connectivity index (χ3n) is 8.21. The van der Waals surface area contributed by atoms with Crippen LogP contribution in [-0.4, -0.2) is 23.8 Å². The summed E-state index contributed by atoms with van der Waals surface area (Å²) in [7, 11) is 0.466. The van der Waals surface area contributed by atoms with Crippen LogP contribution in [0.3, 0.4) is 0 Å². The zero-order valence-electron chi connectivity index (χ0n) is 20.6. The minimum Gasteiger partial charge on any atom is -0.456 e. The number of para-hydroxylation sites is 1. The molecule has 0 saturated heterocycles. The molecule has 3 aromatic carbocycles. The highest BCUT2D eigenvalue weighted by molar-refractivity contribution is 6.47. The molecule has 33 heavy (non-hydrogen) atoms. The molecule has 3 nitrogen and oxygen atoms in total. The standard InChI is InChI=1S/C29H33BO3/c1-7-29(8-2)21-15-16-24-26(20-11-9-10-12-23(20)32-24)25(21)19-14-13-18(17-22(19)29)30-33-28(5,6)27(3,4)31/h9-17,30-31H,7-8H2,1-6H3. The second kappa shape index (κ2) is 7.48. The van der Waals surface area contributed by atoms with E-state index in [2.05, 4.69) is 62.4 Å². The minimum absolute atomic E-state index is 0.0288. The van der Waals surface area contributed by atoms with Gasteiger partial charge >= 0.3 is 7.48 Å². The number of rotatable bonds is 6. The lowest BCUT2D eigenvalue weighted by Gasteiger charge is -2.37. The summed E-state index contributed by atoms with van der Waals surface area (Å²) in [6, 6.07) is 19.5. The van der Waals surface area contributed by atoms with E-state index in [0.29, 0.717) is 7.48 Å². The van der Waals surface area contributed by atoms with Crippen molar-refractivity contribution >= 4 is 34.9 Å². The third-order valence-corrected chi connectivity index (χ3v) is 8.21. The second-order valence-electron chi connectivity index (χ2n) is 10.5. The van der Waals surface area contributed by atoms with E-state index in [4.69, 9.17) is 9.07 Å². The maximum Gasteiger partial charge on any atom is 0.309 e. The lowest BCUT2D eigenvalue weighted by Crippen LogP contribution is -2.49. The Morgan fingerprint density at radius 3 is 2.33 bits per heavy atom. The zero-order valence-corrected chi connectivity index (χ0v) is 20.6. The van der Waals surface area contributed by atoms with Crippen molar-refractivity contribution in [1.29, 1.82) is 0 Å². The van der Waals surface area contributed by atoms with E-state index < -0.39 is 11.2 Å². The largest absolute Gasteiger partial charge is 0.456 e. The van der Waals surface area contributed by atoms with Gasteiger partial charge in [-0.1, -0.05) is 61.8 Å². The van der Waals surface area contributed by atoms with Gasteiger partial charge in [0.15, 0.2) is 0 Å². The van der Waals surface area contributed by atoms with E-state index in [-0.39, 0.29) is 5.41 Å². The predicted octanol–water partition coefficient (Wildman–Crippen LogP) is 6.22. The van der Waals surface area contributed by atoms with E-state index >= 15 is 0 Å². The van der Waals surface area contributed by atoms with Gasteiger partial charge in [-0.05, 0) is 74.9 Å². The van der Waals surface area contributed by atoms with Gasteiger partial charge in [0.25, 0.3) is 0 Å². The monoisotopic (exact) mass is 440 g/mol. The molecule has 0 radical (unpaired) electrons. The van der Waals surface area contributed by atoms with Crippen molar-refractivity contribution in [3.63, 3.8) is 0 Å². The molecule has 4 heteroatoms. The highest BCUT2D eigenvalue weighted by atomic mass is 16.5. The Kier molecular flexibility index (Phi) is 5.04. The van der Waals surface area contributed by atoms with Gasteiger partial charge < -0.3 is 14.2 Å². The number of furan rings is 1. The van der Waals surface area contributed by atoms with Crippen LogP contribution in [0.15, 0.2) is 59.0 Å².